The number of rotatable bonds is 5. The van der Waals surface area contributed by atoms with Crippen molar-refractivity contribution in [3.8, 4) is 0 Å². The Morgan fingerprint density at radius 2 is 2.25 bits per heavy atom. The van der Waals surface area contributed by atoms with E-state index < -0.39 is 23.8 Å². The number of ether oxygens (including phenoxy) is 1. The molecule has 2 N–H and O–H groups in total. The standard InChI is InChI=1S/C17H24F2N2O3/c1-3-16(14-5-4-12(18)9-15(14)19)20-17(23)21-6-7-24-10-13(21)8-11(2)22/h4-5,9,11,13,16,22H,3,6-8,10H2,1-2H3,(H,20,23)/t11-,13-,16+/m1/s1. The third kappa shape index (κ3) is 4.64. The van der Waals surface area contributed by atoms with E-state index in [1.165, 1.54) is 12.1 Å². The smallest absolute Gasteiger partial charge is 0.318 e. The monoisotopic (exact) mass is 342 g/mol. The zero-order valence-electron chi connectivity index (χ0n) is 14.0. The first-order valence-corrected chi connectivity index (χ1v) is 8.20. The van der Waals surface area contributed by atoms with E-state index in [1.807, 2.05) is 6.92 Å². The molecule has 1 aromatic rings. The quantitative estimate of drug-likeness (QED) is 0.865. The summed E-state index contributed by atoms with van der Waals surface area (Å²) >= 11 is 0. The van der Waals surface area contributed by atoms with Gasteiger partial charge >= 0.3 is 6.03 Å². The number of carbonyl (C=O) groups excluding carboxylic acids is 1. The van der Waals surface area contributed by atoms with Crippen LogP contribution in [0.25, 0.3) is 0 Å². The van der Waals surface area contributed by atoms with Crippen molar-refractivity contribution in [2.75, 3.05) is 19.8 Å². The van der Waals surface area contributed by atoms with Gasteiger partial charge in [0.1, 0.15) is 11.6 Å². The minimum Gasteiger partial charge on any atom is -0.393 e. The molecule has 1 fully saturated rings. The van der Waals surface area contributed by atoms with Gasteiger partial charge in [0.15, 0.2) is 0 Å². The summed E-state index contributed by atoms with van der Waals surface area (Å²) in [4.78, 5) is 14.2. The van der Waals surface area contributed by atoms with Gasteiger partial charge < -0.3 is 20.1 Å². The minimum absolute atomic E-state index is 0.227. The van der Waals surface area contributed by atoms with E-state index in [9.17, 15) is 18.7 Å². The van der Waals surface area contributed by atoms with Crippen LogP contribution in [0.5, 0.6) is 0 Å². The van der Waals surface area contributed by atoms with Gasteiger partial charge in [-0.25, -0.2) is 13.6 Å². The Labute approximate surface area is 140 Å². The molecule has 1 saturated heterocycles. The topological polar surface area (TPSA) is 61.8 Å². The van der Waals surface area contributed by atoms with E-state index in [1.54, 1.807) is 11.8 Å². The molecular formula is C17H24F2N2O3. The molecule has 1 aliphatic rings. The van der Waals surface area contributed by atoms with Gasteiger partial charge in [-0.1, -0.05) is 13.0 Å². The van der Waals surface area contributed by atoms with E-state index in [0.29, 0.717) is 32.6 Å². The van der Waals surface area contributed by atoms with Crippen LogP contribution in [-0.2, 0) is 4.74 Å². The molecule has 2 rings (SSSR count). The van der Waals surface area contributed by atoms with Gasteiger partial charge in [0.2, 0.25) is 0 Å². The van der Waals surface area contributed by atoms with Crippen LogP contribution in [0.2, 0.25) is 0 Å². The van der Waals surface area contributed by atoms with Crippen LogP contribution in [-0.4, -0.2) is 47.9 Å². The summed E-state index contributed by atoms with van der Waals surface area (Å²) in [7, 11) is 0. The fourth-order valence-electron chi connectivity index (χ4n) is 2.93. The first kappa shape index (κ1) is 18.6. The Morgan fingerprint density at radius 3 is 2.88 bits per heavy atom. The minimum atomic E-state index is -0.676. The number of carbonyl (C=O) groups is 1. The van der Waals surface area contributed by atoms with Crippen LogP contribution in [0.3, 0.4) is 0 Å². The summed E-state index contributed by atoms with van der Waals surface area (Å²) in [6.07, 6.45) is 0.331. The van der Waals surface area contributed by atoms with Gasteiger partial charge in [-0.15, -0.1) is 0 Å². The Bertz CT molecular complexity index is 569. The molecular weight excluding hydrogens is 318 g/mol. The van der Waals surface area contributed by atoms with Crippen molar-refractivity contribution in [3.05, 3.63) is 35.4 Å². The predicted octanol–water partition coefficient (Wildman–Crippen LogP) is 2.60. The first-order valence-electron chi connectivity index (χ1n) is 8.20. The number of hydrogen-bond acceptors (Lipinski definition) is 3. The van der Waals surface area contributed by atoms with Gasteiger partial charge in [0.25, 0.3) is 0 Å². The molecule has 0 spiro atoms. The molecule has 134 valence electrons. The van der Waals surface area contributed by atoms with Crippen molar-refractivity contribution in [2.24, 2.45) is 0 Å². The SMILES string of the molecule is CC[C@H](NC(=O)N1CCOC[C@H]1C[C@@H](C)O)c1ccc(F)cc1F. The number of nitrogens with one attached hydrogen (secondary N) is 1. The molecule has 0 unspecified atom stereocenters. The van der Waals surface area contributed by atoms with Crippen molar-refractivity contribution in [1.29, 1.82) is 0 Å². The maximum absolute atomic E-state index is 14.0. The normalized spacial score (nSPS) is 20.5. The lowest BCUT2D eigenvalue weighted by molar-refractivity contribution is -0.00487. The van der Waals surface area contributed by atoms with Crippen molar-refractivity contribution < 1.29 is 23.4 Å². The molecule has 7 heteroatoms. The Morgan fingerprint density at radius 1 is 1.50 bits per heavy atom. The maximum atomic E-state index is 14.0. The average Bonchev–Trinajstić information content (AvgIpc) is 2.53. The fourth-order valence-corrected chi connectivity index (χ4v) is 2.93. The van der Waals surface area contributed by atoms with E-state index in [-0.39, 0.29) is 17.6 Å². The molecule has 5 nitrogen and oxygen atoms in total. The lowest BCUT2D eigenvalue weighted by Gasteiger charge is -2.37. The van der Waals surface area contributed by atoms with Crippen LogP contribution in [0, 0.1) is 11.6 Å². The molecule has 0 aliphatic carbocycles. The third-order valence-corrected chi connectivity index (χ3v) is 4.15. The Hall–Kier alpha value is -1.73. The molecule has 1 aliphatic heterocycles. The predicted molar refractivity (Wildman–Crippen MR) is 85.5 cm³/mol. The number of aliphatic hydroxyl groups is 1. The third-order valence-electron chi connectivity index (χ3n) is 4.15. The number of urea groups is 1. The molecule has 24 heavy (non-hydrogen) atoms. The summed E-state index contributed by atoms with van der Waals surface area (Å²) in [5.74, 6) is -1.33. The van der Waals surface area contributed by atoms with Gasteiger partial charge in [0.05, 0.1) is 31.4 Å². The highest BCUT2D eigenvalue weighted by Crippen LogP contribution is 2.22. The maximum Gasteiger partial charge on any atom is 0.318 e. The van der Waals surface area contributed by atoms with E-state index in [2.05, 4.69) is 5.32 Å². The molecule has 0 aromatic heterocycles. The van der Waals surface area contributed by atoms with Crippen LogP contribution in [0.1, 0.15) is 38.3 Å². The summed E-state index contributed by atoms with van der Waals surface area (Å²) in [5.41, 5.74) is 0.257. The molecule has 0 saturated carbocycles. The van der Waals surface area contributed by atoms with Crippen LogP contribution < -0.4 is 5.32 Å². The highest BCUT2D eigenvalue weighted by molar-refractivity contribution is 5.75. The zero-order valence-corrected chi connectivity index (χ0v) is 14.0. The van der Waals surface area contributed by atoms with E-state index >= 15 is 0 Å². The number of hydrogen-bond donors (Lipinski definition) is 2. The van der Waals surface area contributed by atoms with Crippen molar-refractivity contribution in [1.82, 2.24) is 10.2 Å². The van der Waals surface area contributed by atoms with Crippen LogP contribution in [0.4, 0.5) is 13.6 Å². The highest BCUT2D eigenvalue weighted by atomic mass is 19.1. The van der Waals surface area contributed by atoms with Gasteiger partial charge in [-0.3, -0.25) is 0 Å². The Balaban J connectivity index is 2.09. The summed E-state index contributed by atoms with van der Waals surface area (Å²) < 4.78 is 32.4. The van der Waals surface area contributed by atoms with Crippen LogP contribution >= 0.6 is 0 Å². The van der Waals surface area contributed by atoms with Crippen molar-refractivity contribution in [3.63, 3.8) is 0 Å². The fraction of sp³-hybridized carbons (Fsp3) is 0.588. The van der Waals surface area contributed by atoms with E-state index in [4.69, 9.17) is 4.74 Å². The summed E-state index contributed by atoms with van der Waals surface area (Å²) in [6, 6.07) is 2.24. The van der Waals surface area contributed by atoms with Crippen molar-refractivity contribution >= 4 is 6.03 Å². The lowest BCUT2D eigenvalue weighted by atomic mass is 10.0. The average molecular weight is 342 g/mol. The zero-order chi connectivity index (χ0) is 17.7. The second-order valence-corrected chi connectivity index (χ2v) is 6.08. The number of nitrogens with zero attached hydrogens (tertiary/aromatic N) is 1. The van der Waals surface area contributed by atoms with Crippen molar-refractivity contribution in [2.45, 2.75) is 44.9 Å². The second kappa shape index (κ2) is 8.39. The molecule has 1 heterocycles. The molecule has 2 amide bonds. The van der Waals surface area contributed by atoms with Gasteiger partial charge in [0, 0.05) is 18.2 Å². The second-order valence-electron chi connectivity index (χ2n) is 6.08. The number of halogens is 2. The number of benzene rings is 1. The summed E-state index contributed by atoms with van der Waals surface area (Å²) in [6.45, 7) is 4.67. The summed E-state index contributed by atoms with van der Waals surface area (Å²) in [5, 5.41) is 12.4. The number of morpholine rings is 1. The van der Waals surface area contributed by atoms with Gasteiger partial charge in [-0.05, 0) is 25.8 Å². The van der Waals surface area contributed by atoms with Gasteiger partial charge in [-0.2, -0.15) is 0 Å². The largest absolute Gasteiger partial charge is 0.393 e. The Kier molecular flexibility index (Phi) is 6.51. The lowest BCUT2D eigenvalue weighted by Crippen LogP contribution is -2.53. The highest BCUT2D eigenvalue weighted by Gasteiger charge is 2.30. The number of amides is 2. The first-order chi connectivity index (χ1) is 11.4. The van der Waals surface area contributed by atoms with Crippen LogP contribution in [0.15, 0.2) is 18.2 Å². The number of aliphatic hydroxyl groups excluding tert-OH is 1. The van der Waals surface area contributed by atoms with E-state index in [0.717, 1.165) is 6.07 Å². The molecule has 1 aromatic carbocycles. The molecule has 0 bridgehead atoms. The molecule has 3 atom stereocenters. The molecule has 0 radical (unpaired) electrons.